The van der Waals surface area contributed by atoms with Gasteiger partial charge in [-0.2, -0.15) is 0 Å². The Kier molecular flexibility index (Phi) is 5.84. The van der Waals surface area contributed by atoms with Gasteiger partial charge in [-0.3, -0.25) is 4.99 Å². The molecule has 0 spiro atoms. The van der Waals surface area contributed by atoms with Gasteiger partial charge >= 0.3 is 0 Å². The first-order chi connectivity index (χ1) is 5.20. The van der Waals surface area contributed by atoms with Crippen LogP contribution in [0.2, 0.25) is 0 Å². The van der Waals surface area contributed by atoms with Crippen molar-refractivity contribution < 1.29 is 4.74 Å². The van der Waals surface area contributed by atoms with E-state index in [9.17, 15) is 0 Å². The molecule has 0 saturated carbocycles. The minimum atomic E-state index is 0.584. The van der Waals surface area contributed by atoms with Gasteiger partial charge < -0.3 is 4.74 Å². The van der Waals surface area contributed by atoms with Gasteiger partial charge in [0.15, 0.2) is 0 Å². The van der Waals surface area contributed by atoms with Crippen molar-refractivity contribution in [3.63, 3.8) is 0 Å². The number of allylic oxidation sites excluding steroid dienone is 2. The zero-order chi connectivity index (χ0) is 8.69. The highest BCUT2D eigenvalue weighted by atomic mass is 79.9. The number of halogens is 1. The molecule has 0 saturated heterocycles. The van der Waals surface area contributed by atoms with Crippen LogP contribution in [0.4, 0.5) is 0 Å². The summed E-state index contributed by atoms with van der Waals surface area (Å²) in [7, 11) is 0. The number of nitrogens with zero attached hydrogens (tertiary/aromatic N) is 1. The number of ether oxygens (including phenoxy) is 1. The quantitative estimate of drug-likeness (QED) is 0.525. The Morgan fingerprint density at radius 2 is 2.36 bits per heavy atom. The molecule has 0 radical (unpaired) electrons. The topological polar surface area (TPSA) is 21.6 Å². The summed E-state index contributed by atoms with van der Waals surface area (Å²) in [6.07, 6.45) is 1.59. The zero-order valence-corrected chi connectivity index (χ0v) is 8.39. The maximum absolute atomic E-state index is 5.05. The molecule has 0 aliphatic heterocycles. The molecule has 0 N–H and O–H groups in total. The van der Waals surface area contributed by atoms with Crippen LogP contribution in [0.3, 0.4) is 0 Å². The summed E-state index contributed by atoms with van der Waals surface area (Å²) >= 11 is 3.16. The van der Waals surface area contributed by atoms with Crippen molar-refractivity contribution in [1.29, 1.82) is 0 Å². The molecular weight excluding hydrogens is 206 g/mol. The lowest BCUT2D eigenvalue weighted by Crippen LogP contribution is -1.90. The standard InChI is InChI=1S/C8H12BrNO/c1-4-11-8(3)6-10-7(2)5-9/h5-6H,3-4H2,1-2H3/b7-5+,10-6?. The summed E-state index contributed by atoms with van der Waals surface area (Å²) in [6, 6.07) is 0. The van der Waals surface area contributed by atoms with Crippen LogP contribution in [0, 0.1) is 0 Å². The minimum Gasteiger partial charge on any atom is -0.493 e. The molecule has 0 fully saturated rings. The number of hydrogen-bond acceptors (Lipinski definition) is 2. The smallest absolute Gasteiger partial charge is 0.130 e. The molecule has 0 aliphatic rings. The normalized spacial score (nSPS) is 12.1. The summed E-state index contributed by atoms with van der Waals surface area (Å²) in [6.45, 7) is 8.05. The van der Waals surface area contributed by atoms with Gasteiger partial charge in [0.05, 0.1) is 12.8 Å². The van der Waals surface area contributed by atoms with Crippen molar-refractivity contribution in [3.8, 4) is 0 Å². The average Bonchev–Trinajstić information content (AvgIpc) is 2.01. The minimum absolute atomic E-state index is 0.584. The fourth-order valence-electron chi connectivity index (χ4n) is 0.425. The second kappa shape index (κ2) is 6.16. The second-order valence-electron chi connectivity index (χ2n) is 1.91. The summed E-state index contributed by atoms with van der Waals surface area (Å²) in [4.78, 5) is 5.76. The zero-order valence-electron chi connectivity index (χ0n) is 6.80. The van der Waals surface area contributed by atoms with Crippen LogP contribution in [0.1, 0.15) is 13.8 Å². The maximum Gasteiger partial charge on any atom is 0.130 e. The highest BCUT2D eigenvalue weighted by Gasteiger charge is 1.85. The summed E-state index contributed by atoms with van der Waals surface area (Å²) in [5, 5.41) is 0. The molecule has 0 amide bonds. The average molecular weight is 218 g/mol. The summed E-state index contributed by atoms with van der Waals surface area (Å²) in [5.74, 6) is 0.584. The van der Waals surface area contributed by atoms with Crippen LogP contribution in [0.15, 0.2) is 28.0 Å². The molecule has 0 aliphatic carbocycles. The number of rotatable bonds is 4. The van der Waals surface area contributed by atoms with E-state index in [1.807, 2.05) is 13.8 Å². The van der Waals surface area contributed by atoms with Gasteiger partial charge in [0, 0.05) is 10.7 Å². The molecule has 3 heteroatoms. The van der Waals surface area contributed by atoms with E-state index in [0.717, 1.165) is 5.70 Å². The van der Waals surface area contributed by atoms with E-state index in [1.54, 1.807) is 11.2 Å². The van der Waals surface area contributed by atoms with Crippen molar-refractivity contribution in [2.24, 2.45) is 4.99 Å². The third-order valence-corrected chi connectivity index (χ3v) is 1.56. The van der Waals surface area contributed by atoms with Crippen molar-refractivity contribution in [3.05, 3.63) is 23.0 Å². The monoisotopic (exact) mass is 217 g/mol. The van der Waals surface area contributed by atoms with Crippen LogP contribution in [0.5, 0.6) is 0 Å². The Hall–Kier alpha value is -0.570. The number of hydrogen-bond donors (Lipinski definition) is 0. The van der Waals surface area contributed by atoms with E-state index in [1.165, 1.54) is 0 Å². The third kappa shape index (κ3) is 5.85. The van der Waals surface area contributed by atoms with Gasteiger partial charge in [0.1, 0.15) is 5.76 Å². The van der Waals surface area contributed by atoms with Crippen LogP contribution < -0.4 is 0 Å². The molecule has 0 aromatic heterocycles. The first-order valence-electron chi connectivity index (χ1n) is 3.33. The van der Waals surface area contributed by atoms with Crippen LogP contribution >= 0.6 is 15.9 Å². The molecule has 62 valence electrons. The predicted molar refractivity (Wildman–Crippen MR) is 51.9 cm³/mol. The van der Waals surface area contributed by atoms with Gasteiger partial charge in [-0.1, -0.05) is 22.5 Å². The first kappa shape index (κ1) is 10.4. The van der Waals surface area contributed by atoms with Gasteiger partial charge in [-0.05, 0) is 13.8 Å². The Morgan fingerprint density at radius 1 is 1.73 bits per heavy atom. The first-order valence-corrected chi connectivity index (χ1v) is 4.25. The summed E-state index contributed by atoms with van der Waals surface area (Å²) in [5.41, 5.74) is 0.880. The lowest BCUT2D eigenvalue weighted by Gasteiger charge is -1.98. The summed E-state index contributed by atoms with van der Waals surface area (Å²) < 4.78 is 5.05. The Bertz CT molecular complexity index is 185. The highest BCUT2D eigenvalue weighted by molar-refractivity contribution is 9.11. The lowest BCUT2D eigenvalue weighted by molar-refractivity contribution is 0.253. The molecule has 0 heterocycles. The van der Waals surface area contributed by atoms with E-state index in [0.29, 0.717) is 12.4 Å². The van der Waals surface area contributed by atoms with Crippen LogP contribution in [0.25, 0.3) is 0 Å². The third-order valence-electron chi connectivity index (χ3n) is 0.900. The van der Waals surface area contributed by atoms with Crippen LogP contribution in [-0.4, -0.2) is 12.8 Å². The SMILES string of the molecule is C=C(C=N/C(C)=C/Br)OCC. The molecule has 0 aromatic rings. The van der Waals surface area contributed by atoms with Gasteiger partial charge in [-0.15, -0.1) is 0 Å². The Labute approximate surface area is 75.8 Å². The molecular formula is C8H12BrNO. The molecule has 0 atom stereocenters. The fourth-order valence-corrected chi connectivity index (χ4v) is 0.543. The predicted octanol–water partition coefficient (Wildman–Crippen LogP) is 2.86. The van der Waals surface area contributed by atoms with E-state index in [2.05, 4.69) is 27.5 Å². The second-order valence-corrected chi connectivity index (χ2v) is 2.37. The van der Waals surface area contributed by atoms with Gasteiger partial charge in [0.2, 0.25) is 0 Å². The van der Waals surface area contributed by atoms with Crippen LogP contribution in [-0.2, 0) is 4.74 Å². The van der Waals surface area contributed by atoms with Crippen molar-refractivity contribution >= 4 is 22.1 Å². The Balaban J connectivity index is 3.83. The highest BCUT2D eigenvalue weighted by Crippen LogP contribution is 1.99. The van der Waals surface area contributed by atoms with Crippen molar-refractivity contribution in [2.75, 3.05) is 6.61 Å². The molecule has 0 aromatic carbocycles. The maximum atomic E-state index is 5.05. The molecule has 11 heavy (non-hydrogen) atoms. The van der Waals surface area contributed by atoms with Gasteiger partial charge in [0.25, 0.3) is 0 Å². The fraction of sp³-hybridized carbons (Fsp3) is 0.375. The van der Waals surface area contributed by atoms with E-state index in [4.69, 9.17) is 4.74 Å². The van der Waals surface area contributed by atoms with Crippen molar-refractivity contribution in [2.45, 2.75) is 13.8 Å². The largest absolute Gasteiger partial charge is 0.493 e. The van der Waals surface area contributed by atoms with E-state index >= 15 is 0 Å². The van der Waals surface area contributed by atoms with E-state index < -0.39 is 0 Å². The van der Waals surface area contributed by atoms with Crippen molar-refractivity contribution in [1.82, 2.24) is 0 Å². The van der Waals surface area contributed by atoms with Gasteiger partial charge in [-0.25, -0.2) is 0 Å². The lowest BCUT2D eigenvalue weighted by atomic mass is 10.5. The molecule has 0 bridgehead atoms. The van der Waals surface area contributed by atoms with E-state index in [-0.39, 0.29) is 0 Å². The molecule has 0 unspecified atom stereocenters. The number of aliphatic imine (C=N–C) groups is 1. The molecule has 2 nitrogen and oxygen atoms in total. The Morgan fingerprint density at radius 3 is 2.82 bits per heavy atom. The molecule has 0 rings (SSSR count).